The number of pyridine rings is 1. The summed E-state index contributed by atoms with van der Waals surface area (Å²) in [4.78, 5) is 24.3. The molecule has 1 N–H and O–H groups in total. The van der Waals surface area contributed by atoms with Crippen molar-refractivity contribution in [3.63, 3.8) is 0 Å². The zero-order valence-corrected chi connectivity index (χ0v) is 10.1. The van der Waals surface area contributed by atoms with Gasteiger partial charge in [-0.25, -0.2) is 29.4 Å². The first-order valence-electron chi connectivity index (χ1n) is 5.64. The van der Waals surface area contributed by atoms with Gasteiger partial charge in [-0.15, -0.1) is 0 Å². The van der Waals surface area contributed by atoms with Gasteiger partial charge >= 0.3 is 5.69 Å². The lowest BCUT2D eigenvalue weighted by Gasteiger charge is -2.04. The first-order valence-corrected chi connectivity index (χ1v) is 5.64. The van der Waals surface area contributed by atoms with Crippen molar-refractivity contribution in [2.75, 3.05) is 0 Å². The van der Waals surface area contributed by atoms with Gasteiger partial charge in [-0.2, -0.15) is 5.10 Å². The highest BCUT2D eigenvalue weighted by molar-refractivity contribution is 5.50. The molecule has 3 heterocycles. The molecule has 0 bridgehead atoms. The highest BCUT2D eigenvalue weighted by Crippen LogP contribution is 2.13. The molecule has 0 aliphatic rings. The van der Waals surface area contributed by atoms with Crippen molar-refractivity contribution < 1.29 is 0 Å². The van der Waals surface area contributed by atoms with Gasteiger partial charge in [-0.1, -0.05) is 6.07 Å². The molecule has 94 valence electrons. The maximum absolute atomic E-state index is 11.7. The van der Waals surface area contributed by atoms with E-state index in [-0.39, 0.29) is 5.69 Å². The van der Waals surface area contributed by atoms with Crippen LogP contribution in [0.15, 0.2) is 41.5 Å². The van der Waals surface area contributed by atoms with E-state index in [0.717, 1.165) is 0 Å². The Hall–Kier alpha value is -2.83. The number of nitrogens with zero attached hydrogens (tertiary/aromatic N) is 5. The summed E-state index contributed by atoms with van der Waals surface area (Å²) in [6, 6.07) is 7.06. The van der Waals surface area contributed by atoms with Crippen LogP contribution >= 0.6 is 0 Å². The van der Waals surface area contributed by atoms with E-state index in [9.17, 15) is 4.79 Å². The van der Waals surface area contributed by atoms with Gasteiger partial charge in [-0.3, -0.25) is 0 Å². The fraction of sp³-hybridized carbons (Fsp3) is 0.0833. The molecule has 7 heteroatoms. The minimum Gasteiger partial charge on any atom is -0.246 e. The van der Waals surface area contributed by atoms with Crippen LogP contribution in [0.5, 0.6) is 0 Å². The van der Waals surface area contributed by atoms with Gasteiger partial charge in [0.25, 0.3) is 0 Å². The highest BCUT2D eigenvalue weighted by Gasteiger charge is 2.09. The molecular weight excluding hydrogens is 244 g/mol. The lowest BCUT2D eigenvalue weighted by Crippen LogP contribution is -2.17. The van der Waals surface area contributed by atoms with Crippen LogP contribution in [0.3, 0.4) is 0 Å². The van der Waals surface area contributed by atoms with Crippen molar-refractivity contribution in [3.8, 4) is 17.3 Å². The molecule has 19 heavy (non-hydrogen) atoms. The molecule has 3 aromatic heterocycles. The first kappa shape index (κ1) is 11.3. The third kappa shape index (κ3) is 2.01. The van der Waals surface area contributed by atoms with Crippen molar-refractivity contribution in [1.29, 1.82) is 0 Å². The first-order chi connectivity index (χ1) is 9.25. The molecule has 0 fully saturated rings. The lowest BCUT2D eigenvalue weighted by molar-refractivity contribution is 0.903. The van der Waals surface area contributed by atoms with Crippen LogP contribution < -0.4 is 5.69 Å². The summed E-state index contributed by atoms with van der Waals surface area (Å²) in [7, 11) is 0. The molecule has 0 unspecified atom stereocenters. The Morgan fingerprint density at radius 3 is 2.63 bits per heavy atom. The maximum atomic E-state index is 11.7. The molecule has 0 saturated carbocycles. The molecule has 0 amide bonds. The number of aromatic amines is 1. The van der Waals surface area contributed by atoms with Crippen molar-refractivity contribution in [3.05, 3.63) is 53.0 Å². The lowest BCUT2D eigenvalue weighted by atomic mass is 10.3. The van der Waals surface area contributed by atoms with E-state index >= 15 is 0 Å². The van der Waals surface area contributed by atoms with Gasteiger partial charge < -0.3 is 0 Å². The number of rotatable bonds is 2. The van der Waals surface area contributed by atoms with Crippen LogP contribution in [0.2, 0.25) is 0 Å². The predicted molar refractivity (Wildman–Crippen MR) is 67.7 cm³/mol. The number of hydrogen-bond acceptors (Lipinski definition) is 5. The largest absolute Gasteiger partial charge is 0.349 e. The van der Waals surface area contributed by atoms with Gasteiger partial charge in [0.2, 0.25) is 0 Å². The predicted octanol–water partition coefficient (Wildman–Crippen LogP) is 0.721. The van der Waals surface area contributed by atoms with E-state index in [1.54, 1.807) is 43.6 Å². The van der Waals surface area contributed by atoms with Gasteiger partial charge in [0, 0.05) is 12.4 Å². The highest BCUT2D eigenvalue weighted by atomic mass is 16.1. The Morgan fingerprint density at radius 1 is 1.16 bits per heavy atom. The molecule has 0 atom stereocenters. The van der Waals surface area contributed by atoms with Crippen LogP contribution in [0.4, 0.5) is 0 Å². The molecule has 0 saturated heterocycles. The molecule has 0 radical (unpaired) electrons. The van der Waals surface area contributed by atoms with Crippen LogP contribution in [0, 0.1) is 6.92 Å². The summed E-state index contributed by atoms with van der Waals surface area (Å²) in [5, 5.41) is 6.23. The normalized spacial score (nSPS) is 10.6. The van der Waals surface area contributed by atoms with E-state index < -0.39 is 0 Å². The topological polar surface area (TPSA) is 89.4 Å². The number of aromatic nitrogens is 6. The summed E-state index contributed by atoms with van der Waals surface area (Å²) in [6.45, 7) is 1.73. The average Bonchev–Trinajstić information content (AvgIpc) is 2.79. The third-order valence-corrected chi connectivity index (χ3v) is 2.60. The van der Waals surface area contributed by atoms with E-state index in [4.69, 9.17) is 0 Å². The summed E-state index contributed by atoms with van der Waals surface area (Å²) in [6.07, 6.45) is 3.29. The summed E-state index contributed by atoms with van der Waals surface area (Å²) >= 11 is 0. The van der Waals surface area contributed by atoms with Gasteiger partial charge in [-0.05, 0) is 25.1 Å². The van der Waals surface area contributed by atoms with Crippen LogP contribution in [0.1, 0.15) is 5.82 Å². The van der Waals surface area contributed by atoms with Crippen LogP contribution in [-0.4, -0.2) is 29.7 Å². The monoisotopic (exact) mass is 254 g/mol. The quantitative estimate of drug-likeness (QED) is 0.727. The van der Waals surface area contributed by atoms with Crippen molar-refractivity contribution in [2.45, 2.75) is 6.92 Å². The number of aryl methyl sites for hydroxylation is 1. The Balaban J connectivity index is 2.14. The second-order valence-electron chi connectivity index (χ2n) is 3.86. The summed E-state index contributed by atoms with van der Waals surface area (Å²) in [5.74, 6) is 1.54. The smallest absolute Gasteiger partial charge is 0.246 e. The van der Waals surface area contributed by atoms with Crippen LogP contribution in [0.25, 0.3) is 17.3 Å². The number of hydrogen-bond donors (Lipinski definition) is 1. The Labute approximate surface area is 108 Å². The summed E-state index contributed by atoms with van der Waals surface area (Å²) < 4.78 is 1.40. The van der Waals surface area contributed by atoms with Crippen molar-refractivity contribution in [2.24, 2.45) is 0 Å². The van der Waals surface area contributed by atoms with Crippen molar-refractivity contribution in [1.82, 2.24) is 29.7 Å². The molecule has 7 nitrogen and oxygen atoms in total. The Morgan fingerprint density at radius 2 is 1.95 bits per heavy atom. The van der Waals surface area contributed by atoms with E-state index in [2.05, 4.69) is 25.1 Å². The van der Waals surface area contributed by atoms with Gasteiger partial charge in [0.15, 0.2) is 5.82 Å². The molecule has 0 aromatic carbocycles. The minimum absolute atomic E-state index is 0.323. The zero-order chi connectivity index (χ0) is 13.2. The molecular formula is C12H10N6O. The van der Waals surface area contributed by atoms with Gasteiger partial charge in [0.05, 0.1) is 0 Å². The molecule has 0 aliphatic carbocycles. The molecule has 0 spiro atoms. The van der Waals surface area contributed by atoms with Crippen LogP contribution in [-0.2, 0) is 0 Å². The van der Waals surface area contributed by atoms with Gasteiger partial charge in [0.1, 0.15) is 17.3 Å². The van der Waals surface area contributed by atoms with E-state index in [1.165, 1.54) is 4.57 Å². The second kappa shape index (κ2) is 4.45. The maximum Gasteiger partial charge on any atom is 0.349 e. The Kier molecular flexibility index (Phi) is 2.64. The zero-order valence-electron chi connectivity index (χ0n) is 10.1. The fourth-order valence-electron chi connectivity index (χ4n) is 1.75. The molecule has 3 aromatic rings. The standard InChI is InChI=1S/C12H10N6O/c1-8-16-17-12(19)18(8)10-5-2-4-9(15-10)11-13-6-3-7-14-11/h2-7H,1H3,(H,17,19). The average molecular weight is 254 g/mol. The molecule has 3 rings (SSSR count). The van der Waals surface area contributed by atoms with E-state index in [1.807, 2.05) is 0 Å². The third-order valence-electron chi connectivity index (χ3n) is 2.60. The summed E-state index contributed by atoms with van der Waals surface area (Å²) in [5.41, 5.74) is 0.279. The minimum atomic E-state index is -0.323. The fourth-order valence-corrected chi connectivity index (χ4v) is 1.75. The SMILES string of the molecule is Cc1n[nH]c(=O)n1-c1cccc(-c2ncccn2)n1. The number of nitrogens with one attached hydrogen (secondary N) is 1. The second-order valence-corrected chi connectivity index (χ2v) is 3.86. The van der Waals surface area contributed by atoms with E-state index in [0.29, 0.717) is 23.2 Å². The Bertz CT molecular complexity index is 761. The van der Waals surface area contributed by atoms with Crippen molar-refractivity contribution >= 4 is 0 Å². The molecule has 0 aliphatic heterocycles. The number of H-pyrrole nitrogens is 1.